The normalized spacial score (nSPS) is 14.2. The number of aliphatic hydroxyl groups excluding tert-OH is 1. The van der Waals surface area contributed by atoms with Gasteiger partial charge in [-0.3, -0.25) is 0 Å². The third kappa shape index (κ3) is 6.57. The highest BCUT2D eigenvalue weighted by Gasteiger charge is 2.21. The van der Waals surface area contributed by atoms with Crippen LogP contribution in [0.3, 0.4) is 0 Å². The molecule has 0 amide bonds. The Labute approximate surface area is 135 Å². The summed E-state index contributed by atoms with van der Waals surface area (Å²) >= 11 is 5.29. The van der Waals surface area contributed by atoms with E-state index in [0.717, 1.165) is 47.5 Å². The molecule has 3 nitrogen and oxygen atoms in total. The molecule has 5 heteroatoms. The van der Waals surface area contributed by atoms with E-state index in [-0.39, 0.29) is 12.1 Å². The number of rotatable bonds is 10. The molecule has 0 saturated carbocycles. The van der Waals surface area contributed by atoms with Crippen LogP contribution in [0.4, 0.5) is 0 Å². The minimum absolute atomic E-state index is 0.133. The SMILES string of the molecule is CCCNC(C)(CO)CCCCSc1ncccc1Br. The summed E-state index contributed by atoms with van der Waals surface area (Å²) in [6.45, 7) is 5.41. The minimum atomic E-state index is -0.133. The average molecular weight is 361 g/mol. The second-order valence-corrected chi connectivity index (χ2v) is 7.18. The molecular weight excluding hydrogens is 336 g/mol. The Morgan fingerprint density at radius 3 is 2.90 bits per heavy atom. The van der Waals surface area contributed by atoms with E-state index in [1.807, 2.05) is 18.3 Å². The summed E-state index contributed by atoms with van der Waals surface area (Å²) in [4.78, 5) is 4.35. The topological polar surface area (TPSA) is 45.1 Å². The number of hydrogen-bond acceptors (Lipinski definition) is 4. The van der Waals surface area contributed by atoms with Gasteiger partial charge in [-0.2, -0.15) is 0 Å². The highest BCUT2D eigenvalue weighted by atomic mass is 79.9. The Morgan fingerprint density at radius 2 is 2.25 bits per heavy atom. The molecule has 0 spiro atoms. The number of aliphatic hydroxyl groups is 1. The number of nitrogens with one attached hydrogen (secondary N) is 1. The number of unbranched alkanes of at least 4 members (excludes halogenated alkanes) is 1. The van der Waals surface area contributed by atoms with Crippen molar-refractivity contribution >= 4 is 27.7 Å². The van der Waals surface area contributed by atoms with Crippen molar-refractivity contribution in [1.82, 2.24) is 10.3 Å². The predicted molar refractivity (Wildman–Crippen MR) is 90.3 cm³/mol. The van der Waals surface area contributed by atoms with E-state index in [0.29, 0.717) is 0 Å². The Bertz CT molecular complexity index is 392. The van der Waals surface area contributed by atoms with Gasteiger partial charge in [0.05, 0.1) is 6.61 Å². The maximum Gasteiger partial charge on any atom is 0.110 e. The fourth-order valence-electron chi connectivity index (χ4n) is 1.91. The summed E-state index contributed by atoms with van der Waals surface area (Å²) in [7, 11) is 0. The van der Waals surface area contributed by atoms with Gasteiger partial charge in [0.1, 0.15) is 5.03 Å². The molecule has 0 aliphatic carbocycles. The third-order valence-electron chi connectivity index (χ3n) is 3.24. The van der Waals surface area contributed by atoms with Gasteiger partial charge >= 0.3 is 0 Å². The van der Waals surface area contributed by atoms with E-state index < -0.39 is 0 Å². The molecule has 1 rings (SSSR count). The van der Waals surface area contributed by atoms with E-state index in [9.17, 15) is 5.11 Å². The first-order valence-corrected chi connectivity index (χ1v) is 8.98. The number of hydrogen-bond donors (Lipinski definition) is 2. The molecule has 0 saturated heterocycles. The predicted octanol–water partition coefficient (Wildman–Crippen LogP) is 3.86. The molecular formula is C15H25BrN2OS. The first kappa shape index (κ1) is 18.0. The molecule has 1 unspecified atom stereocenters. The Hall–Kier alpha value is -0.100. The first-order valence-electron chi connectivity index (χ1n) is 7.20. The van der Waals surface area contributed by atoms with Gasteiger partial charge in [0.25, 0.3) is 0 Å². The van der Waals surface area contributed by atoms with E-state index >= 15 is 0 Å². The van der Waals surface area contributed by atoms with E-state index in [1.54, 1.807) is 11.8 Å². The fraction of sp³-hybridized carbons (Fsp3) is 0.667. The van der Waals surface area contributed by atoms with Crippen LogP contribution in [0.5, 0.6) is 0 Å². The van der Waals surface area contributed by atoms with Crippen LogP contribution in [0.2, 0.25) is 0 Å². The third-order valence-corrected chi connectivity index (χ3v) is 5.23. The lowest BCUT2D eigenvalue weighted by molar-refractivity contribution is 0.163. The van der Waals surface area contributed by atoms with E-state index in [4.69, 9.17) is 0 Å². The minimum Gasteiger partial charge on any atom is -0.394 e. The molecule has 0 aromatic carbocycles. The van der Waals surface area contributed by atoms with Crippen LogP contribution < -0.4 is 5.32 Å². The highest BCUT2D eigenvalue weighted by Crippen LogP contribution is 2.26. The Kier molecular flexibility index (Phi) is 8.77. The Morgan fingerprint density at radius 1 is 1.45 bits per heavy atom. The molecule has 0 aliphatic rings. The molecule has 114 valence electrons. The van der Waals surface area contributed by atoms with Crippen LogP contribution in [0.25, 0.3) is 0 Å². The molecule has 0 radical (unpaired) electrons. The average Bonchev–Trinajstić information content (AvgIpc) is 2.46. The second kappa shape index (κ2) is 9.77. The largest absolute Gasteiger partial charge is 0.394 e. The van der Waals surface area contributed by atoms with Crippen molar-refractivity contribution in [3.05, 3.63) is 22.8 Å². The smallest absolute Gasteiger partial charge is 0.110 e. The standard InChI is InChI=1S/C15H25BrN2OS/c1-3-9-18-15(2,12-19)8-4-5-11-20-14-13(16)7-6-10-17-14/h6-7,10,18-19H,3-5,8-9,11-12H2,1-2H3. The van der Waals surface area contributed by atoms with Crippen molar-refractivity contribution in [2.24, 2.45) is 0 Å². The van der Waals surface area contributed by atoms with Gasteiger partial charge in [-0.1, -0.05) is 13.3 Å². The number of halogens is 1. The number of aromatic nitrogens is 1. The molecule has 0 bridgehead atoms. The maximum atomic E-state index is 9.50. The van der Waals surface area contributed by atoms with Crippen molar-refractivity contribution in [1.29, 1.82) is 0 Å². The summed E-state index contributed by atoms with van der Waals surface area (Å²) < 4.78 is 1.06. The lowest BCUT2D eigenvalue weighted by atomic mass is 9.96. The van der Waals surface area contributed by atoms with Crippen molar-refractivity contribution in [2.45, 2.75) is 50.1 Å². The zero-order chi connectivity index (χ0) is 14.8. The zero-order valence-electron chi connectivity index (χ0n) is 12.4. The molecule has 1 aromatic heterocycles. The quantitative estimate of drug-likeness (QED) is 0.491. The van der Waals surface area contributed by atoms with Crippen LogP contribution in [-0.4, -0.2) is 34.5 Å². The number of nitrogens with zero attached hydrogens (tertiary/aromatic N) is 1. The lowest BCUT2D eigenvalue weighted by Gasteiger charge is -2.28. The van der Waals surface area contributed by atoms with Gasteiger partial charge in [0.15, 0.2) is 0 Å². The molecule has 0 aliphatic heterocycles. The molecule has 0 fully saturated rings. The lowest BCUT2D eigenvalue weighted by Crippen LogP contribution is -2.46. The number of pyridine rings is 1. The molecule has 2 N–H and O–H groups in total. The van der Waals surface area contributed by atoms with Crippen LogP contribution in [0.1, 0.15) is 39.5 Å². The van der Waals surface area contributed by atoms with Crippen LogP contribution in [-0.2, 0) is 0 Å². The fourth-order valence-corrected chi connectivity index (χ4v) is 3.40. The zero-order valence-corrected chi connectivity index (χ0v) is 14.8. The number of thioether (sulfide) groups is 1. The molecule has 20 heavy (non-hydrogen) atoms. The van der Waals surface area contributed by atoms with E-state index in [2.05, 4.69) is 40.1 Å². The first-order chi connectivity index (χ1) is 9.61. The highest BCUT2D eigenvalue weighted by molar-refractivity contribution is 9.10. The summed E-state index contributed by atoms with van der Waals surface area (Å²) in [5, 5.41) is 14.0. The summed E-state index contributed by atoms with van der Waals surface area (Å²) in [5.41, 5.74) is -0.133. The van der Waals surface area contributed by atoms with Gasteiger partial charge in [-0.15, -0.1) is 11.8 Å². The van der Waals surface area contributed by atoms with Gasteiger partial charge in [0.2, 0.25) is 0 Å². The van der Waals surface area contributed by atoms with Crippen LogP contribution in [0.15, 0.2) is 27.8 Å². The molecule has 1 heterocycles. The van der Waals surface area contributed by atoms with Gasteiger partial charge in [-0.05, 0) is 66.5 Å². The van der Waals surface area contributed by atoms with Crippen molar-refractivity contribution in [3.8, 4) is 0 Å². The molecule has 1 atom stereocenters. The van der Waals surface area contributed by atoms with Gasteiger partial charge in [-0.25, -0.2) is 4.98 Å². The van der Waals surface area contributed by atoms with Gasteiger partial charge < -0.3 is 10.4 Å². The van der Waals surface area contributed by atoms with Crippen LogP contribution in [0, 0.1) is 0 Å². The van der Waals surface area contributed by atoms with Crippen molar-refractivity contribution in [2.75, 3.05) is 18.9 Å². The van der Waals surface area contributed by atoms with Crippen LogP contribution >= 0.6 is 27.7 Å². The molecule has 1 aromatic rings. The summed E-state index contributed by atoms with van der Waals surface area (Å²) in [5.74, 6) is 1.06. The Balaban J connectivity index is 2.22. The monoisotopic (exact) mass is 360 g/mol. The summed E-state index contributed by atoms with van der Waals surface area (Å²) in [6.07, 6.45) is 6.18. The van der Waals surface area contributed by atoms with E-state index in [1.165, 1.54) is 0 Å². The second-order valence-electron chi connectivity index (χ2n) is 5.24. The summed E-state index contributed by atoms with van der Waals surface area (Å²) in [6, 6.07) is 3.95. The maximum absolute atomic E-state index is 9.50. The van der Waals surface area contributed by atoms with Crippen molar-refractivity contribution < 1.29 is 5.11 Å². The van der Waals surface area contributed by atoms with Gasteiger partial charge in [0, 0.05) is 16.2 Å². The van der Waals surface area contributed by atoms with Crippen molar-refractivity contribution in [3.63, 3.8) is 0 Å².